The Morgan fingerprint density at radius 2 is 1.13 bits per heavy atom. The minimum atomic E-state index is -1.77. The number of pyridine rings is 2. The number of rotatable bonds is 7. The van der Waals surface area contributed by atoms with Gasteiger partial charge in [-0.3, -0.25) is 14.0 Å². The third-order valence-electron chi connectivity index (χ3n) is 15.7. The number of fused-ring (bicyclic) bond motifs is 11. The van der Waals surface area contributed by atoms with E-state index in [-0.39, 0.29) is 33.8 Å². The molecule has 0 radical (unpaired) electrons. The van der Waals surface area contributed by atoms with Crippen LogP contribution >= 0.6 is 0 Å². The Bertz CT molecular complexity index is 4090. The van der Waals surface area contributed by atoms with Crippen LogP contribution in [0.3, 0.4) is 0 Å². The van der Waals surface area contributed by atoms with Gasteiger partial charge < -0.3 is 5.11 Å². The van der Waals surface area contributed by atoms with Crippen molar-refractivity contribution in [2.45, 2.75) is 138 Å². The lowest BCUT2D eigenvalue weighted by atomic mass is 9.79. The number of aromatic nitrogens is 5. The smallest absolute Gasteiger partial charge is 0.149 e. The van der Waals surface area contributed by atoms with Crippen molar-refractivity contribution in [3.8, 4) is 45.2 Å². The quantitative estimate of drug-likeness (QED) is 0.128. The summed E-state index contributed by atoms with van der Waals surface area (Å²) < 4.78 is 4.78. The SMILES string of the molecule is CC(C)c1cc([Si](C)(C)C)cc(C(C)C)c1-n1c(-c2cc(C(C)(C)C)cc(C(C)(C)C)c2O)nc2c(-c3cc(-c4cc5c(cn4)nc4c6ccccc6c6ccccc6n54)cc(C(C)(C)C)c3)cc3ccccc3c21. The molecule has 0 amide bonds. The Balaban J connectivity index is 1.28. The molecule has 0 unspecified atom stereocenters. The molecule has 0 spiro atoms. The first kappa shape index (κ1) is 50.1. The lowest BCUT2D eigenvalue weighted by Crippen LogP contribution is -2.38. The predicted molar refractivity (Wildman–Crippen MR) is 323 cm³/mol. The van der Waals surface area contributed by atoms with E-state index in [1.165, 1.54) is 32.6 Å². The summed E-state index contributed by atoms with van der Waals surface area (Å²) in [6, 6.07) is 47.1. The van der Waals surface area contributed by atoms with Gasteiger partial charge in [-0.25, -0.2) is 9.97 Å². The Morgan fingerprint density at radius 1 is 0.547 bits per heavy atom. The van der Waals surface area contributed by atoms with Gasteiger partial charge in [0, 0.05) is 32.8 Å². The summed E-state index contributed by atoms with van der Waals surface area (Å²) >= 11 is 0. The molecule has 75 heavy (non-hydrogen) atoms. The summed E-state index contributed by atoms with van der Waals surface area (Å²) in [5, 5.41) is 20.1. The molecule has 1 N–H and O–H groups in total. The molecule has 0 aliphatic rings. The molecule has 380 valence electrons. The fourth-order valence-corrected chi connectivity index (χ4v) is 12.5. The second-order valence-corrected chi connectivity index (χ2v) is 31.1. The maximum Gasteiger partial charge on any atom is 0.149 e. The maximum absolute atomic E-state index is 12.9. The number of nitrogens with zero attached hydrogens (tertiary/aromatic N) is 5. The third kappa shape index (κ3) is 8.43. The number of hydrogen-bond donors (Lipinski definition) is 1. The average molecular weight is 1000 g/mol. The van der Waals surface area contributed by atoms with Gasteiger partial charge in [-0.05, 0) is 103 Å². The first-order chi connectivity index (χ1) is 35.3. The molecule has 0 fully saturated rings. The number of para-hydroxylation sites is 1. The highest BCUT2D eigenvalue weighted by Gasteiger charge is 2.33. The zero-order valence-electron chi connectivity index (χ0n) is 47.0. The largest absolute Gasteiger partial charge is 0.507 e. The minimum Gasteiger partial charge on any atom is -0.507 e. The Kier molecular flexibility index (Phi) is 11.7. The molecule has 4 heterocycles. The number of phenols is 1. The van der Waals surface area contributed by atoms with Crippen LogP contribution in [0.4, 0.5) is 0 Å². The van der Waals surface area contributed by atoms with Crippen LogP contribution in [-0.4, -0.2) is 37.1 Å². The van der Waals surface area contributed by atoms with Gasteiger partial charge in [0.05, 0.1) is 53.3 Å². The normalized spacial score (nSPS) is 13.1. The second-order valence-electron chi connectivity index (χ2n) is 26.0. The molecule has 4 aromatic heterocycles. The molecule has 7 heteroatoms. The molecule has 0 saturated heterocycles. The summed E-state index contributed by atoms with van der Waals surface area (Å²) in [6.45, 7) is 36.9. The maximum atomic E-state index is 12.9. The molecule has 11 rings (SSSR count). The van der Waals surface area contributed by atoms with E-state index in [2.05, 4.69) is 246 Å². The number of hydrogen-bond acceptors (Lipinski definition) is 4. The predicted octanol–water partition coefficient (Wildman–Crippen LogP) is 18.1. The third-order valence-corrected chi connectivity index (χ3v) is 17.7. The van der Waals surface area contributed by atoms with Gasteiger partial charge in [-0.15, -0.1) is 0 Å². The van der Waals surface area contributed by atoms with Crippen molar-refractivity contribution >= 4 is 73.4 Å². The lowest BCUT2D eigenvalue weighted by Gasteiger charge is -2.29. The van der Waals surface area contributed by atoms with Crippen molar-refractivity contribution in [2.24, 2.45) is 0 Å². The molecular formula is C68H73N5OSi. The Hall–Kier alpha value is -7.09. The van der Waals surface area contributed by atoms with Crippen molar-refractivity contribution < 1.29 is 5.11 Å². The summed E-state index contributed by atoms with van der Waals surface area (Å²) in [6.07, 6.45) is 1.95. The standard InChI is InChI=1S/C68H73N5OSi/c1-39(2)51-35-46(75(14,15)16)36-52(40(3)4)61(51)73-62-47-24-18-17-23-41(47)32-53(60(62)71-65(73)54-33-45(67(8,9)10)34-55(63(54)74)68(11,12)13)42-29-43(31-44(30-42)66(5,6)7)56-37-59-57(38-69-56)70-64-50-27-20-19-25-48(50)49-26-21-22-28-58(49)72(59)64/h17-40,74H,1-16H3. The molecule has 0 bridgehead atoms. The van der Waals surface area contributed by atoms with Crippen LogP contribution in [0.2, 0.25) is 19.6 Å². The fourth-order valence-electron chi connectivity index (χ4n) is 11.3. The number of aromatic hydroxyl groups is 1. The van der Waals surface area contributed by atoms with Gasteiger partial charge in [-0.1, -0.05) is 206 Å². The monoisotopic (exact) mass is 1000 g/mol. The van der Waals surface area contributed by atoms with E-state index in [9.17, 15) is 5.11 Å². The van der Waals surface area contributed by atoms with Crippen molar-refractivity contribution in [1.29, 1.82) is 0 Å². The first-order valence-electron chi connectivity index (χ1n) is 27.0. The van der Waals surface area contributed by atoms with Crippen molar-refractivity contribution in [2.75, 3.05) is 0 Å². The number of benzene rings is 7. The van der Waals surface area contributed by atoms with E-state index in [0.717, 1.165) is 100.0 Å². The van der Waals surface area contributed by atoms with Gasteiger partial charge in [0.2, 0.25) is 0 Å². The second kappa shape index (κ2) is 17.5. The molecule has 11 aromatic rings. The van der Waals surface area contributed by atoms with Gasteiger partial charge in [0.1, 0.15) is 22.7 Å². The van der Waals surface area contributed by atoms with E-state index in [0.29, 0.717) is 0 Å². The van der Waals surface area contributed by atoms with Gasteiger partial charge >= 0.3 is 0 Å². The highest BCUT2D eigenvalue weighted by molar-refractivity contribution is 6.88. The van der Waals surface area contributed by atoms with E-state index >= 15 is 0 Å². The molecule has 7 aromatic carbocycles. The Morgan fingerprint density at radius 3 is 1.76 bits per heavy atom. The van der Waals surface area contributed by atoms with E-state index in [1.54, 1.807) is 0 Å². The van der Waals surface area contributed by atoms with Crippen LogP contribution < -0.4 is 5.19 Å². The average Bonchev–Trinajstić information content (AvgIpc) is 3.98. The zero-order chi connectivity index (χ0) is 53.4. The van der Waals surface area contributed by atoms with Crippen LogP contribution in [0.5, 0.6) is 5.75 Å². The van der Waals surface area contributed by atoms with E-state index < -0.39 is 8.07 Å². The highest BCUT2D eigenvalue weighted by atomic mass is 28.3. The van der Waals surface area contributed by atoms with E-state index in [1.807, 2.05) is 6.20 Å². The summed E-state index contributed by atoms with van der Waals surface area (Å²) in [7, 11) is -1.77. The lowest BCUT2D eigenvalue weighted by molar-refractivity contribution is 0.446. The van der Waals surface area contributed by atoms with E-state index in [4.69, 9.17) is 15.0 Å². The first-order valence-corrected chi connectivity index (χ1v) is 30.5. The van der Waals surface area contributed by atoms with Gasteiger partial charge in [0.25, 0.3) is 0 Å². The summed E-state index contributed by atoms with van der Waals surface area (Å²) in [5.74, 6) is 1.43. The minimum absolute atomic E-state index is 0.201. The van der Waals surface area contributed by atoms with Crippen molar-refractivity contribution in [3.63, 3.8) is 0 Å². The molecule has 0 aliphatic heterocycles. The van der Waals surface area contributed by atoms with Gasteiger partial charge in [-0.2, -0.15) is 0 Å². The van der Waals surface area contributed by atoms with Crippen molar-refractivity contribution in [1.82, 2.24) is 23.9 Å². The van der Waals surface area contributed by atoms with Crippen LogP contribution in [0.25, 0.3) is 99.6 Å². The van der Waals surface area contributed by atoms with Crippen molar-refractivity contribution in [3.05, 3.63) is 161 Å². The topological polar surface area (TPSA) is 68.2 Å². The zero-order valence-corrected chi connectivity index (χ0v) is 48.0. The number of phenolic OH excluding ortho intramolecular Hbond substituents is 1. The van der Waals surface area contributed by atoms with Crippen LogP contribution in [0, 0.1) is 0 Å². The highest BCUT2D eigenvalue weighted by Crippen LogP contribution is 2.48. The molecule has 0 saturated carbocycles. The van der Waals surface area contributed by atoms with Crippen LogP contribution in [0.15, 0.2) is 134 Å². The Labute approximate surface area is 444 Å². The van der Waals surface area contributed by atoms with Crippen LogP contribution in [-0.2, 0) is 16.2 Å². The molecular weight excluding hydrogens is 931 g/mol. The van der Waals surface area contributed by atoms with Crippen LogP contribution in [0.1, 0.15) is 130 Å². The molecule has 0 aliphatic carbocycles. The number of imidazole rings is 2. The summed E-state index contributed by atoms with van der Waals surface area (Å²) in [4.78, 5) is 16.4. The molecule has 0 atom stereocenters. The van der Waals surface area contributed by atoms with Gasteiger partial charge in [0.15, 0.2) is 0 Å². The fraction of sp³-hybridized carbons (Fsp3) is 0.309. The molecule has 6 nitrogen and oxygen atoms in total. The summed E-state index contributed by atoms with van der Waals surface area (Å²) in [5.41, 5.74) is 16.9.